The molecule has 0 heterocycles. The van der Waals surface area contributed by atoms with Crippen molar-refractivity contribution < 1.29 is 14.3 Å². The van der Waals surface area contributed by atoms with Crippen molar-refractivity contribution in [3.63, 3.8) is 0 Å². The summed E-state index contributed by atoms with van der Waals surface area (Å²) in [6.07, 6.45) is -0.567. The Bertz CT molecular complexity index is 374. The summed E-state index contributed by atoms with van der Waals surface area (Å²) in [5.74, 6) is -0.198. The molecule has 0 fully saturated rings. The largest absolute Gasteiger partial charge is 0.444 e. The third-order valence-electron chi connectivity index (χ3n) is 3.63. The van der Waals surface area contributed by atoms with Crippen LogP contribution in [0.2, 0.25) is 0 Å². The lowest BCUT2D eigenvalue weighted by molar-refractivity contribution is -0.124. The van der Waals surface area contributed by atoms with E-state index < -0.39 is 17.7 Å². The second-order valence-electron chi connectivity index (χ2n) is 7.18. The lowest BCUT2D eigenvalue weighted by Gasteiger charge is -2.28. The van der Waals surface area contributed by atoms with Gasteiger partial charge >= 0.3 is 6.09 Å². The van der Waals surface area contributed by atoms with Gasteiger partial charge in [0.1, 0.15) is 11.6 Å². The van der Waals surface area contributed by atoms with Crippen LogP contribution in [0.1, 0.15) is 55.4 Å². The van der Waals surface area contributed by atoms with Gasteiger partial charge in [-0.25, -0.2) is 4.79 Å². The van der Waals surface area contributed by atoms with Crippen molar-refractivity contribution in [1.82, 2.24) is 15.5 Å². The van der Waals surface area contributed by atoms with Crippen molar-refractivity contribution in [3.8, 4) is 0 Å². The molecular weight excluding hydrogens is 294 g/mol. The van der Waals surface area contributed by atoms with E-state index in [2.05, 4.69) is 36.3 Å². The SMILES string of the molecule is CCN(CC)C(C)CNC(=O)C(NC(=O)OC(C)(C)C)C(C)C. The van der Waals surface area contributed by atoms with Gasteiger partial charge in [0.2, 0.25) is 5.91 Å². The van der Waals surface area contributed by atoms with E-state index in [0.717, 1.165) is 13.1 Å². The second kappa shape index (κ2) is 9.75. The van der Waals surface area contributed by atoms with Gasteiger partial charge in [0.15, 0.2) is 0 Å². The summed E-state index contributed by atoms with van der Waals surface area (Å²) < 4.78 is 5.23. The summed E-state index contributed by atoms with van der Waals surface area (Å²) in [4.78, 5) is 26.6. The molecule has 0 aliphatic carbocycles. The highest BCUT2D eigenvalue weighted by Gasteiger charge is 2.27. The first kappa shape index (κ1) is 21.7. The molecule has 2 unspecified atom stereocenters. The van der Waals surface area contributed by atoms with Crippen molar-refractivity contribution in [2.75, 3.05) is 19.6 Å². The normalized spacial score (nSPS) is 14.5. The molecular formula is C17H35N3O3. The fourth-order valence-corrected chi connectivity index (χ4v) is 2.30. The number of likely N-dealkylation sites (N-methyl/N-ethyl adjacent to an activating group) is 1. The van der Waals surface area contributed by atoms with Crippen LogP contribution < -0.4 is 10.6 Å². The first-order chi connectivity index (χ1) is 10.5. The van der Waals surface area contributed by atoms with Crippen LogP contribution >= 0.6 is 0 Å². The summed E-state index contributed by atoms with van der Waals surface area (Å²) >= 11 is 0. The predicted octanol–water partition coefficient (Wildman–Crippen LogP) is 2.38. The average molecular weight is 329 g/mol. The number of amides is 2. The quantitative estimate of drug-likeness (QED) is 0.717. The minimum atomic E-state index is -0.603. The van der Waals surface area contributed by atoms with E-state index in [1.807, 2.05) is 13.8 Å². The molecule has 0 saturated carbocycles. The maximum atomic E-state index is 12.4. The topological polar surface area (TPSA) is 70.7 Å². The Balaban J connectivity index is 4.60. The third kappa shape index (κ3) is 8.79. The summed E-state index contributed by atoms with van der Waals surface area (Å²) in [5, 5.41) is 5.60. The van der Waals surface area contributed by atoms with Gasteiger partial charge in [0, 0.05) is 12.6 Å². The van der Waals surface area contributed by atoms with E-state index in [0.29, 0.717) is 6.54 Å². The highest BCUT2D eigenvalue weighted by Crippen LogP contribution is 2.09. The highest BCUT2D eigenvalue weighted by molar-refractivity contribution is 5.85. The Morgan fingerprint density at radius 2 is 1.61 bits per heavy atom. The molecule has 136 valence electrons. The average Bonchev–Trinajstić information content (AvgIpc) is 2.41. The molecule has 0 aromatic rings. The van der Waals surface area contributed by atoms with E-state index in [-0.39, 0.29) is 17.9 Å². The molecule has 0 aliphatic rings. The standard InChI is InChI=1S/C17H35N3O3/c1-9-20(10-2)13(5)11-18-15(21)14(12(3)4)19-16(22)23-17(6,7)8/h12-14H,9-11H2,1-8H3,(H,18,21)(H,19,22). The number of alkyl carbamates (subject to hydrolysis) is 1. The number of rotatable bonds is 8. The first-order valence-electron chi connectivity index (χ1n) is 8.53. The molecule has 2 N–H and O–H groups in total. The molecule has 0 aromatic heterocycles. The summed E-state index contributed by atoms with van der Waals surface area (Å²) in [6, 6.07) is -0.350. The lowest BCUT2D eigenvalue weighted by atomic mass is 10.0. The number of carbonyl (C=O) groups is 2. The fourth-order valence-electron chi connectivity index (χ4n) is 2.30. The first-order valence-corrected chi connectivity index (χ1v) is 8.53. The Labute approximate surface area is 141 Å². The number of hydrogen-bond acceptors (Lipinski definition) is 4. The van der Waals surface area contributed by atoms with Crippen molar-refractivity contribution in [1.29, 1.82) is 0 Å². The molecule has 0 bridgehead atoms. The van der Waals surface area contributed by atoms with Gasteiger partial charge in [-0.3, -0.25) is 9.69 Å². The number of nitrogens with one attached hydrogen (secondary N) is 2. The lowest BCUT2D eigenvalue weighted by Crippen LogP contribution is -2.53. The number of hydrogen-bond donors (Lipinski definition) is 2. The van der Waals surface area contributed by atoms with Crippen LogP contribution in [-0.4, -0.2) is 54.2 Å². The number of carbonyl (C=O) groups excluding carboxylic acids is 2. The minimum Gasteiger partial charge on any atom is -0.444 e. The third-order valence-corrected chi connectivity index (χ3v) is 3.63. The highest BCUT2D eigenvalue weighted by atomic mass is 16.6. The molecule has 0 aromatic carbocycles. The summed E-state index contributed by atoms with van der Waals surface area (Å²) in [5.41, 5.74) is -0.584. The Kier molecular flexibility index (Phi) is 9.20. The van der Waals surface area contributed by atoms with E-state index in [1.165, 1.54) is 0 Å². The second-order valence-corrected chi connectivity index (χ2v) is 7.18. The zero-order chi connectivity index (χ0) is 18.2. The molecule has 2 amide bonds. The monoisotopic (exact) mass is 329 g/mol. The van der Waals surface area contributed by atoms with Gasteiger partial charge in [-0.1, -0.05) is 27.7 Å². The maximum absolute atomic E-state index is 12.4. The summed E-state index contributed by atoms with van der Waals surface area (Å²) in [7, 11) is 0. The molecule has 2 atom stereocenters. The van der Waals surface area contributed by atoms with Crippen LogP contribution in [0.25, 0.3) is 0 Å². The molecule has 6 heteroatoms. The minimum absolute atomic E-state index is 0.0220. The van der Waals surface area contributed by atoms with Crippen LogP contribution in [0, 0.1) is 5.92 Å². The van der Waals surface area contributed by atoms with Crippen molar-refractivity contribution in [2.45, 2.75) is 73.1 Å². The van der Waals surface area contributed by atoms with Crippen molar-refractivity contribution >= 4 is 12.0 Å². The zero-order valence-corrected chi connectivity index (χ0v) is 16.0. The van der Waals surface area contributed by atoms with Crippen molar-refractivity contribution in [3.05, 3.63) is 0 Å². The molecule has 0 spiro atoms. The molecule has 0 saturated heterocycles. The molecule has 6 nitrogen and oxygen atoms in total. The van der Waals surface area contributed by atoms with Gasteiger partial charge < -0.3 is 15.4 Å². The van der Waals surface area contributed by atoms with Crippen LogP contribution in [0.5, 0.6) is 0 Å². The molecule has 23 heavy (non-hydrogen) atoms. The maximum Gasteiger partial charge on any atom is 0.408 e. The van der Waals surface area contributed by atoms with Crippen LogP contribution in [0.4, 0.5) is 4.79 Å². The molecule has 0 aliphatic heterocycles. The Morgan fingerprint density at radius 1 is 1.09 bits per heavy atom. The van der Waals surface area contributed by atoms with Gasteiger partial charge in [0.25, 0.3) is 0 Å². The zero-order valence-electron chi connectivity index (χ0n) is 16.0. The van der Waals surface area contributed by atoms with E-state index in [9.17, 15) is 9.59 Å². The van der Waals surface area contributed by atoms with E-state index in [1.54, 1.807) is 20.8 Å². The van der Waals surface area contributed by atoms with Crippen LogP contribution in [0.15, 0.2) is 0 Å². The van der Waals surface area contributed by atoms with E-state index in [4.69, 9.17) is 4.74 Å². The van der Waals surface area contributed by atoms with Crippen LogP contribution in [-0.2, 0) is 9.53 Å². The Hall–Kier alpha value is -1.30. The Morgan fingerprint density at radius 3 is 2.00 bits per heavy atom. The fraction of sp³-hybridized carbons (Fsp3) is 0.882. The van der Waals surface area contributed by atoms with Gasteiger partial charge in [-0.15, -0.1) is 0 Å². The molecule has 0 radical (unpaired) electrons. The predicted molar refractivity (Wildman–Crippen MR) is 93.4 cm³/mol. The van der Waals surface area contributed by atoms with Crippen molar-refractivity contribution in [2.24, 2.45) is 5.92 Å². The van der Waals surface area contributed by atoms with Gasteiger partial charge in [-0.2, -0.15) is 0 Å². The van der Waals surface area contributed by atoms with Gasteiger partial charge in [-0.05, 0) is 46.7 Å². The van der Waals surface area contributed by atoms with Crippen LogP contribution in [0.3, 0.4) is 0 Å². The smallest absolute Gasteiger partial charge is 0.408 e. The summed E-state index contributed by atoms with van der Waals surface area (Å²) in [6.45, 7) is 17.9. The molecule has 0 rings (SSSR count). The van der Waals surface area contributed by atoms with E-state index >= 15 is 0 Å². The number of ether oxygens (including phenoxy) is 1. The van der Waals surface area contributed by atoms with Gasteiger partial charge in [0.05, 0.1) is 0 Å². The number of nitrogens with zero attached hydrogens (tertiary/aromatic N) is 1.